The van der Waals surface area contributed by atoms with E-state index in [0.717, 1.165) is 11.6 Å². The van der Waals surface area contributed by atoms with Crippen LogP contribution in [0.25, 0.3) is 0 Å². The predicted molar refractivity (Wildman–Crippen MR) is 169 cm³/mol. The molecular formula is C32H41N5O5Si. The molecule has 1 aliphatic heterocycles. The quantitative estimate of drug-likeness (QED) is 0.237. The normalized spacial score (nSPS) is 15.4. The first kappa shape index (κ1) is 31.8. The number of aromatic nitrogens is 2. The second-order valence-corrected chi connectivity index (χ2v) is 18.4. The van der Waals surface area contributed by atoms with Crippen molar-refractivity contribution in [3.05, 3.63) is 83.7 Å². The maximum atomic E-state index is 14.0. The molecule has 2 heterocycles. The molecule has 0 saturated carbocycles. The molecule has 0 saturated heterocycles. The van der Waals surface area contributed by atoms with Gasteiger partial charge in [0.15, 0.2) is 5.78 Å². The van der Waals surface area contributed by atoms with Crippen molar-refractivity contribution in [3.8, 4) is 0 Å². The number of fused-ring (bicyclic) bond motifs is 1. The Bertz CT molecular complexity index is 1470. The number of hydrogen-bond acceptors (Lipinski definition) is 7. The molecule has 0 fully saturated rings. The van der Waals surface area contributed by atoms with E-state index in [1.54, 1.807) is 29.1 Å². The highest BCUT2D eigenvalue weighted by molar-refractivity contribution is 6.76. The molecule has 4 rings (SSSR count). The lowest BCUT2D eigenvalue weighted by molar-refractivity contribution is -0.127. The molecule has 2 aromatic carbocycles. The third kappa shape index (κ3) is 8.48. The second-order valence-electron chi connectivity index (χ2n) is 12.8. The molecule has 43 heavy (non-hydrogen) atoms. The van der Waals surface area contributed by atoms with Crippen molar-refractivity contribution in [1.82, 2.24) is 15.1 Å². The summed E-state index contributed by atoms with van der Waals surface area (Å²) < 4.78 is 13.1. The summed E-state index contributed by atoms with van der Waals surface area (Å²) in [7, 11) is -1.28. The number of carbonyl (C=O) groups excluding carboxylic acids is 3. The van der Waals surface area contributed by atoms with E-state index >= 15 is 0 Å². The number of ether oxygens (including phenoxy) is 2. The van der Waals surface area contributed by atoms with Crippen LogP contribution in [-0.2, 0) is 32.4 Å². The number of benzene rings is 2. The summed E-state index contributed by atoms with van der Waals surface area (Å²) in [6.07, 6.45) is -0.511. The minimum atomic E-state index is -1.35. The molecule has 0 spiro atoms. The minimum absolute atomic E-state index is 0.0259. The molecule has 0 radical (unpaired) electrons. The molecule has 11 heteroatoms. The van der Waals surface area contributed by atoms with Crippen molar-refractivity contribution < 1.29 is 23.9 Å². The number of alkyl carbamates (subject to hydrolysis) is 1. The summed E-state index contributed by atoms with van der Waals surface area (Å²) in [5, 5.41) is 7.08. The van der Waals surface area contributed by atoms with E-state index in [4.69, 9.17) is 14.5 Å². The van der Waals surface area contributed by atoms with Crippen molar-refractivity contribution in [3.63, 3.8) is 0 Å². The van der Waals surface area contributed by atoms with Gasteiger partial charge in [-0.25, -0.2) is 14.5 Å². The Morgan fingerprint density at radius 1 is 1.00 bits per heavy atom. The van der Waals surface area contributed by atoms with E-state index in [2.05, 4.69) is 30.1 Å². The van der Waals surface area contributed by atoms with Crippen molar-refractivity contribution >= 4 is 37.3 Å². The molecule has 1 aromatic heterocycles. The molecule has 2 amide bonds. The number of nitrogens with one attached hydrogen (secondary N) is 1. The van der Waals surface area contributed by atoms with Crippen LogP contribution in [0.15, 0.2) is 71.9 Å². The monoisotopic (exact) mass is 603 g/mol. The minimum Gasteiger partial charge on any atom is -0.445 e. The highest BCUT2D eigenvalue weighted by atomic mass is 28.3. The highest BCUT2D eigenvalue weighted by Gasteiger charge is 2.36. The number of Topliss-reactive ketones (excluding diaryl/α,β-unsaturated/α-hetero) is 1. The first-order valence-electron chi connectivity index (χ1n) is 14.4. The van der Waals surface area contributed by atoms with Gasteiger partial charge in [0.2, 0.25) is 6.17 Å². The molecule has 0 aliphatic carbocycles. The number of benzodiazepines with no additional fused rings is 1. The largest absolute Gasteiger partial charge is 0.445 e. The molecule has 1 atom stereocenters. The standard InChI is InChI=1S/C32H41N5O5Si/c1-32(2,3)27(38)20-36-25-15-11-10-14-24(25)28(26-16-17-33-37(26)22-41-18-19-43(4,5)6)34-29(30(36)39)35-31(40)42-21-23-12-8-7-9-13-23/h7-17,29H,18-22H2,1-6H3,(H,35,40). The van der Waals surface area contributed by atoms with Crippen molar-refractivity contribution in [2.75, 3.05) is 18.1 Å². The number of nitrogens with zero attached hydrogens (tertiary/aromatic N) is 4. The van der Waals surface area contributed by atoms with E-state index in [-0.39, 0.29) is 25.7 Å². The van der Waals surface area contributed by atoms with Gasteiger partial charge in [-0.05, 0) is 23.7 Å². The number of carbonyl (C=O) groups is 3. The van der Waals surface area contributed by atoms with Crippen LogP contribution < -0.4 is 10.2 Å². The van der Waals surface area contributed by atoms with E-state index in [9.17, 15) is 14.4 Å². The number of anilines is 1. The third-order valence-electron chi connectivity index (χ3n) is 6.98. The first-order valence-corrected chi connectivity index (χ1v) is 18.1. The predicted octanol–water partition coefficient (Wildman–Crippen LogP) is 5.25. The zero-order valence-corrected chi connectivity index (χ0v) is 26.8. The Morgan fingerprint density at radius 3 is 2.40 bits per heavy atom. The second kappa shape index (κ2) is 13.5. The Hall–Kier alpha value is -4.09. The molecular weight excluding hydrogens is 562 g/mol. The van der Waals surface area contributed by atoms with Crippen LogP contribution in [0.1, 0.15) is 37.6 Å². The Balaban J connectivity index is 1.69. The summed E-state index contributed by atoms with van der Waals surface area (Å²) in [4.78, 5) is 46.4. The topological polar surface area (TPSA) is 115 Å². The van der Waals surface area contributed by atoms with Crippen LogP contribution >= 0.6 is 0 Å². The van der Waals surface area contributed by atoms with Gasteiger partial charge in [0.1, 0.15) is 13.3 Å². The maximum absolute atomic E-state index is 14.0. The summed E-state index contributed by atoms with van der Waals surface area (Å²) in [5.41, 5.74) is 2.31. The lowest BCUT2D eigenvalue weighted by atomic mass is 9.90. The van der Waals surface area contributed by atoms with Gasteiger partial charge >= 0.3 is 6.09 Å². The zero-order chi connectivity index (χ0) is 31.2. The Kier molecular flexibility index (Phi) is 9.97. The van der Waals surface area contributed by atoms with Crippen LogP contribution in [0.3, 0.4) is 0 Å². The lowest BCUT2D eigenvalue weighted by Gasteiger charge is -2.27. The molecule has 228 valence electrons. The molecule has 0 bridgehead atoms. The smallest absolute Gasteiger partial charge is 0.409 e. The molecule has 1 unspecified atom stereocenters. The summed E-state index contributed by atoms with van der Waals surface area (Å²) in [6, 6.07) is 19.3. The number of para-hydroxylation sites is 1. The van der Waals surface area contributed by atoms with Crippen LogP contribution in [-0.4, -0.2) is 60.7 Å². The zero-order valence-electron chi connectivity index (χ0n) is 25.8. The summed E-state index contributed by atoms with van der Waals surface area (Å²) >= 11 is 0. The fourth-order valence-corrected chi connectivity index (χ4v) is 5.07. The number of amides is 2. The van der Waals surface area contributed by atoms with Gasteiger partial charge in [-0.3, -0.25) is 14.9 Å². The van der Waals surface area contributed by atoms with Gasteiger partial charge in [0, 0.05) is 31.9 Å². The molecule has 10 nitrogen and oxygen atoms in total. The Morgan fingerprint density at radius 2 is 1.70 bits per heavy atom. The van der Waals surface area contributed by atoms with Crippen LogP contribution in [0.4, 0.5) is 10.5 Å². The van der Waals surface area contributed by atoms with Crippen LogP contribution in [0, 0.1) is 5.41 Å². The first-order chi connectivity index (χ1) is 20.3. The summed E-state index contributed by atoms with van der Waals surface area (Å²) in [5.74, 6) is -0.681. The number of ketones is 1. The van der Waals surface area contributed by atoms with Gasteiger partial charge in [0.05, 0.1) is 23.6 Å². The van der Waals surface area contributed by atoms with Crippen molar-refractivity contribution in [1.29, 1.82) is 0 Å². The van der Waals surface area contributed by atoms with E-state index in [1.807, 2.05) is 63.2 Å². The SMILES string of the molecule is CC(C)(C)C(=O)CN1C(=O)C(NC(=O)OCc2ccccc2)N=C(c2ccnn2COCC[Si](C)(C)C)c2ccccc21. The lowest BCUT2D eigenvalue weighted by Crippen LogP contribution is -2.50. The molecule has 1 N–H and O–H groups in total. The van der Waals surface area contributed by atoms with E-state index < -0.39 is 31.7 Å². The molecule has 1 aliphatic rings. The number of hydrogen-bond donors (Lipinski definition) is 1. The van der Waals surface area contributed by atoms with Crippen molar-refractivity contribution in [2.45, 2.75) is 66.0 Å². The average Bonchev–Trinajstić information content (AvgIpc) is 3.38. The van der Waals surface area contributed by atoms with Gasteiger partial charge in [0.25, 0.3) is 5.91 Å². The fourth-order valence-electron chi connectivity index (χ4n) is 4.31. The van der Waals surface area contributed by atoms with Gasteiger partial charge < -0.3 is 14.4 Å². The van der Waals surface area contributed by atoms with Crippen molar-refractivity contribution in [2.24, 2.45) is 10.4 Å². The fraction of sp³-hybridized carbons (Fsp3) is 0.406. The van der Waals surface area contributed by atoms with Crippen LogP contribution in [0.2, 0.25) is 25.7 Å². The van der Waals surface area contributed by atoms with Gasteiger partial charge in [-0.15, -0.1) is 0 Å². The van der Waals surface area contributed by atoms with Crippen LogP contribution in [0.5, 0.6) is 0 Å². The number of aliphatic imine (C=N–C) groups is 1. The van der Waals surface area contributed by atoms with E-state index in [0.29, 0.717) is 29.3 Å². The van der Waals surface area contributed by atoms with Gasteiger partial charge in [-0.2, -0.15) is 5.10 Å². The van der Waals surface area contributed by atoms with E-state index in [1.165, 1.54) is 4.90 Å². The van der Waals surface area contributed by atoms with Gasteiger partial charge in [-0.1, -0.05) is 88.9 Å². The summed E-state index contributed by atoms with van der Waals surface area (Å²) in [6.45, 7) is 12.9. The molecule has 3 aromatic rings. The average molecular weight is 604 g/mol. The Labute approximate surface area is 254 Å². The third-order valence-corrected chi connectivity index (χ3v) is 8.69. The highest BCUT2D eigenvalue weighted by Crippen LogP contribution is 2.29. The maximum Gasteiger partial charge on any atom is 0.409 e. The number of rotatable bonds is 11.